The van der Waals surface area contributed by atoms with Gasteiger partial charge in [0.1, 0.15) is 0 Å². The van der Waals surface area contributed by atoms with E-state index in [2.05, 4.69) is 43.1 Å². The van der Waals surface area contributed by atoms with Crippen LogP contribution in [0.2, 0.25) is 0 Å². The molecule has 0 unspecified atom stereocenters. The van der Waals surface area contributed by atoms with E-state index < -0.39 is 0 Å². The van der Waals surface area contributed by atoms with E-state index in [0.29, 0.717) is 5.54 Å². The van der Waals surface area contributed by atoms with Gasteiger partial charge in [-0.3, -0.25) is 0 Å². The molecule has 3 heteroatoms. The maximum atomic E-state index is 3.78. The molecule has 3 nitrogen and oxygen atoms in total. The van der Waals surface area contributed by atoms with E-state index in [4.69, 9.17) is 0 Å². The van der Waals surface area contributed by atoms with Gasteiger partial charge in [0, 0.05) is 12.1 Å². The minimum Gasteiger partial charge on any atom is -0.310 e. The SMILES string of the molecule is CCC1(CC)CN(CCCCN(C)C)CCCN1. The number of hydrogen-bond acceptors (Lipinski definition) is 3. The summed E-state index contributed by atoms with van der Waals surface area (Å²) in [5, 5.41) is 3.78. The van der Waals surface area contributed by atoms with E-state index in [-0.39, 0.29) is 0 Å². The standard InChI is InChI=1S/C15H33N3/c1-5-15(6-2)14-18(13-9-10-16-15)12-8-7-11-17(3)4/h16H,5-14H2,1-4H3. The molecular weight excluding hydrogens is 222 g/mol. The second kappa shape index (κ2) is 8.13. The van der Waals surface area contributed by atoms with Gasteiger partial charge in [-0.05, 0) is 72.4 Å². The van der Waals surface area contributed by atoms with Crippen molar-refractivity contribution in [3.63, 3.8) is 0 Å². The highest BCUT2D eigenvalue weighted by Crippen LogP contribution is 2.19. The minimum absolute atomic E-state index is 0.373. The van der Waals surface area contributed by atoms with Crippen LogP contribution in [0.1, 0.15) is 46.0 Å². The van der Waals surface area contributed by atoms with Crippen molar-refractivity contribution in [3.8, 4) is 0 Å². The lowest BCUT2D eigenvalue weighted by molar-refractivity contribution is 0.193. The van der Waals surface area contributed by atoms with Gasteiger partial charge in [-0.1, -0.05) is 13.8 Å². The van der Waals surface area contributed by atoms with E-state index in [0.717, 1.165) is 0 Å². The van der Waals surface area contributed by atoms with Crippen molar-refractivity contribution in [2.24, 2.45) is 0 Å². The van der Waals surface area contributed by atoms with E-state index in [1.807, 2.05) is 0 Å². The highest BCUT2D eigenvalue weighted by molar-refractivity contribution is 4.91. The Bertz CT molecular complexity index is 212. The van der Waals surface area contributed by atoms with Crippen LogP contribution in [0, 0.1) is 0 Å². The molecule has 0 aromatic carbocycles. The van der Waals surface area contributed by atoms with Gasteiger partial charge in [0.15, 0.2) is 0 Å². The molecule has 108 valence electrons. The third-order valence-corrected chi connectivity index (χ3v) is 4.36. The Hall–Kier alpha value is -0.120. The molecule has 1 rings (SSSR count). The molecule has 0 radical (unpaired) electrons. The van der Waals surface area contributed by atoms with Gasteiger partial charge in [-0.25, -0.2) is 0 Å². The summed E-state index contributed by atoms with van der Waals surface area (Å²) < 4.78 is 0. The third kappa shape index (κ3) is 5.25. The van der Waals surface area contributed by atoms with Crippen molar-refractivity contribution < 1.29 is 0 Å². The van der Waals surface area contributed by atoms with Crippen molar-refractivity contribution in [1.29, 1.82) is 0 Å². The molecule has 1 heterocycles. The summed E-state index contributed by atoms with van der Waals surface area (Å²) in [5.41, 5.74) is 0.373. The molecular formula is C15H33N3. The van der Waals surface area contributed by atoms with Crippen LogP contribution >= 0.6 is 0 Å². The van der Waals surface area contributed by atoms with Gasteiger partial charge >= 0.3 is 0 Å². The Morgan fingerprint density at radius 1 is 1.17 bits per heavy atom. The Labute approximate surface area is 114 Å². The lowest BCUT2D eigenvalue weighted by Crippen LogP contribution is -2.50. The number of hydrogen-bond donors (Lipinski definition) is 1. The molecule has 18 heavy (non-hydrogen) atoms. The van der Waals surface area contributed by atoms with Crippen LogP contribution in [-0.4, -0.2) is 62.2 Å². The van der Waals surface area contributed by atoms with E-state index in [9.17, 15) is 0 Å². The fourth-order valence-corrected chi connectivity index (χ4v) is 2.90. The first-order valence-corrected chi connectivity index (χ1v) is 7.74. The zero-order valence-electron chi connectivity index (χ0n) is 13.0. The second-order valence-electron chi connectivity index (χ2n) is 6.05. The first-order chi connectivity index (χ1) is 8.62. The van der Waals surface area contributed by atoms with Gasteiger partial charge in [0.05, 0.1) is 0 Å². The number of unbranched alkanes of at least 4 members (excludes halogenated alkanes) is 1. The van der Waals surface area contributed by atoms with Gasteiger partial charge in [0.25, 0.3) is 0 Å². The Morgan fingerprint density at radius 3 is 2.50 bits per heavy atom. The molecule has 1 aliphatic rings. The van der Waals surface area contributed by atoms with Crippen LogP contribution in [0.15, 0.2) is 0 Å². The largest absolute Gasteiger partial charge is 0.310 e. The molecule has 0 aliphatic carbocycles. The summed E-state index contributed by atoms with van der Waals surface area (Å²) in [5.74, 6) is 0. The predicted molar refractivity (Wildman–Crippen MR) is 80.2 cm³/mol. The molecule has 0 spiro atoms. The first-order valence-electron chi connectivity index (χ1n) is 7.74. The molecule has 0 aromatic rings. The average Bonchev–Trinajstić information content (AvgIpc) is 2.57. The quantitative estimate of drug-likeness (QED) is 0.704. The van der Waals surface area contributed by atoms with Gasteiger partial charge in [-0.2, -0.15) is 0 Å². The summed E-state index contributed by atoms with van der Waals surface area (Å²) in [7, 11) is 4.32. The highest BCUT2D eigenvalue weighted by Gasteiger charge is 2.29. The number of nitrogens with one attached hydrogen (secondary N) is 1. The summed E-state index contributed by atoms with van der Waals surface area (Å²) in [6.45, 7) is 10.8. The molecule has 0 amide bonds. The maximum absolute atomic E-state index is 3.78. The average molecular weight is 255 g/mol. The van der Waals surface area contributed by atoms with Crippen molar-refractivity contribution in [1.82, 2.24) is 15.1 Å². The van der Waals surface area contributed by atoms with Crippen molar-refractivity contribution in [3.05, 3.63) is 0 Å². The summed E-state index contributed by atoms with van der Waals surface area (Å²) >= 11 is 0. The Morgan fingerprint density at radius 2 is 1.89 bits per heavy atom. The molecule has 1 aliphatic heterocycles. The Kier molecular flexibility index (Phi) is 7.20. The highest BCUT2D eigenvalue weighted by atomic mass is 15.2. The topological polar surface area (TPSA) is 18.5 Å². The zero-order chi connectivity index (χ0) is 13.4. The van der Waals surface area contributed by atoms with Gasteiger partial charge < -0.3 is 15.1 Å². The van der Waals surface area contributed by atoms with E-state index >= 15 is 0 Å². The van der Waals surface area contributed by atoms with Crippen LogP contribution in [0.25, 0.3) is 0 Å². The molecule has 0 saturated carbocycles. The number of rotatable bonds is 7. The molecule has 1 N–H and O–H groups in total. The van der Waals surface area contributed by atoms with Crippen LogP contribution in [0.4, 0.5) is 0 Å². The normalized spacial score (nSPS) is 21.2. The molecule has 0 atom stereocenters. The number of nitrogens with zero attached hydrogens (tertiary/aromatic N) is 2. The predicted octanol–water partition coefficient (Wildman–Crippen LogP) is 2.18. The summed E-state index contributed by atoms with van der Waals surface area (Å²) in [6.07, 6.45) is 6.45. The second-order valence-corrected chi connectivity index (χ2v) is 6.05. The molecule has 0 aromatic heterocycles. The fourth-order valence-electron chi connectivity index (χ4n) is 2.90. The lowest BCUT2D eigenvalue weighted by Gasteiger charge is -2.35. The van der Waals surface area contributed by atoms with Crippen molar-refractivity contribution >= 4 is 0 Å². The molecule has 1 saturated heterocycles. The van der Waals surface area contributed by atoms with E-state index in [1.54, 1.807) is 0 Å². The van der Waals surface area contributed by atoms with Crippen LogP contribution in [-0.2, 0) is 0 Å². The van der Waals surface area contributed by atoms with Gasteiger partial charge in [0.2, 0.25) is 0 Å². The molecule has 1 fully saturated rings. The zero-order valence-corrected chi connectivity index (χ0v) is 13.0. The Balaban J connectivity index is 2.35. The van der Waals surface area contributed by atoms with Crippen LogP contribution in [0.3, 0.4) is 0 Å². The minimum atomic E-state index is 0.373. The first kappa shape index (κ1) is 15.9. The summed E-state index contributed by atoms with van der Waals surface area (Å²) in [6, 6.07) is 0. The third-order valence-electron chi connectivity index (χ3n) is 4.36. The van der Waals surface area contributed by atoms with Crippen LogP contribution < -0.4 is 5.32 Å². The van der Waals surface area contributed by atoms with E-state index in [1.165, 1.54) is 64.8 Å². The molecule has 0 bridgehead atoms. The van der Waals surface area contributed by atoms with Crippen LogP contribution in [0.5, 0.6) is 0 Å². The maximum Gasteiger partial charge on any atom is 0.0303 e. The summed E-state index contributed by atoms with van der Waals surface area (Å²) in [4.78, 5) is 4.97. The fraction of sp³-hybridized carbons (Fsp3) is 1.00. The monoisotopic (exact) mass is 255 g/mol. The van der Waals surface area contributed by atoms with Crippen molar-refractivity contribution in [2.75, 3.05) is 46.8 Å². The lowest BCUT2D eigenvalue weighted by atomic mass is 9.92. The smallest absolute Gasteiger partial charge is 0.0303 e. The van der Waals surface area contributed by atoms with Gasteiger partial charge in [-0.15, -0.1) is 0 Å². The van der Waals surface area contributed by atoms with Crippen molar-refractivity contribution in [2.45, 2.75) is 51.5 Å².